The van der Waals surface area contributed by atoms with Crippen LogP contribution >= 0.6 is 23.1 Å². The van der Waals surface area contributed by atoms with Crippen LogP contribution in [0.5, 0.6) is 5.75 Å². The molecule has 0 bridgehead atoms. The number of carbonyl (C=O) groups is 1. The number of benzene rings is 2. The number of hydrogen-bond donors (Lipinski definition) is 1. The predicted octanol–water partition coefficient (Wildman–Crippen LogP) is 5.31. The Morgan fingerprint density at radius 2 is 2.03 bits per heavy atom. The van der Waals surface area contributed by atoms with Gasteiger partial charge in [0.1, 0.15) is 11.6 Å². The van der Waals surface area contributed by atoms with E-state index >= 15 is 0 Å². The molecule has 4 aromatic rings. The number of aromatic nitrogens is 3. The molecule has 2 heterocycles. The highest BCUT2D eigenvalue weighted by Gasteiger charge is 2.15. The van der Waals surface area contributed by atoms with E-state index in [-0.39, 0.29) is 5.91 Å². The number of anilines is 1. The molecule has 8 heteroatoms. The van der Waals surface area contributed by atoms with Crippen LogP contribution in [-0.4, -0.2) is 33.5 Å². The fraction of sp³-hybridized carbons (Fsp3) is 0.227. The van der Waals surface area contributed by atoms with Crippen LogP contribution in [0.25, 0.3) is 15.3 Å². The first kappa shape index (κ1) is 20.4. The highest BCUT2D eigenvalue weighted by Crippen LogP contribution is 2.29. The van der Waals surface area contributed by atoms with Gasteiger partial charge in [-0.2, -0.15) is 9.78 Å². The van der Waals surface area contributed by atoms with Gasteiger partial charge in [0.25, 0.3) is 0 Å². The van der Waals surface area contributed by atoms with Crippen molar-refractivity contribution in [1.82, 2.24) is 14.8 Å². The summed E-state index contributed by atoms with van der Waals surface area (Å²) in [6.45, 7) is 1.90. The van der Waals surface area contributed by atoms with Crippen LogP contribution in [0, 0.1) is 6.92 Å². The van der Waals surface area contributed by atoms with E-state index in [1.54, 1.807) is 23.6 Å². The maximum atomic E-state index is 12.5. The van der Waals surface area contributed by atoms with Crippen LogP contribution in [0.15, 0.2) is 59.5 Å². The number of nitrogens with one attached hydrogen (secondary N) is 1. The highest BCUT2D eigenvalue weighted by atomic mass is 32.2. The van der Waals surface area contributed by atoms with E-state index in [1.807, 2.05) is 49.4 Å². The lowest BCUT2D eigenvalue weighted by Crippen LogP contribution is -2.14. The number of nitrogens with zero attached hydrogens (tertiary/aromatic N) is 3. The first-order valence-electron chi connectivity index (χ1n) is 9.62. The Morgan fingerprint density at radius 1 is 1.20 bits per heavy atom. The Morgan fingerprint density at radius 3 is 2.83 bits per heavy atom. The van der Waals surface area contributed by atoms with Gasteiger partial charge < -0.3 is 10.1 Å². The van der Waals surface area contributed by atoms with Crippen molar-refractivity contribution in [3.05, 3.63) is 60.3 Å². The lowest BCUT2D eigenvalue weighted by atomic mass is 10.3. The molecule has 1 amide bonds. The molecule has 0 aliphatic carbocycles. The molecule has 0 unspecified atom stereocenters. The highest BCUT2D eigenvalue weighted by molar-refractivity contribution is 7.99. The number of thiazole rings is 1. The van der Waals surface area contributed by atoms with Gasteiger partial charge in [-0.3, -0.25) is 4.79 Å². The van der Waals surface area contributed by atoms with Crippen molar-refractivity contribution in [2.24, 2.45) is 0 Å². The lowest BCUT2D eigenvalue weighted by molar-refractivity contribution is -0.116. The second-order valence-electron chi connectivity index (χ2n) is 6.73. The van der Waals surface area contributed by atoms with Gasteiger partial charge >= 0.3 is 0 Å². The van der Waals surface area contributed by atoms with Crippen molar-refractivity contribution in [2.45, 2.75) is 24.7 Å². The number of carbonyl (C=O) groups excluding carboxylic acids is 1. The van der Waals surface area contributed by atoms with Crippen molar-refractivity contribution >= 4 is 45.0 Å². The average molecular weight is 439 g/mol. The van der Waals surface area contributed by atoms with Crippen molar-refractivity contribution in [3.8, 4) is 10.9 Å². The number of rotatable bonds is 8. The summed E-state index contributed by atoms with van der Waals surface area (Å²) in [6, 6.07) is 17.9. The fourth-order valence-electron chi connectivity index (χ4n) is 2.99. The van der Waals surface area contributed by atoms with Gasteiger partial charge in [0.2, 0.25) is 11.0 Å². The largest absolute Gasteiger partial charge is 0.497 e. The van der Waals surface area contributed by atoms with Crippen molar-refractivity contribution in [3.63, 3.8) is 0 Å². The molecule has 30 heavy (non-hydrogen) atoms. The van der Waals surface area contributed by atoms with E-state index in [0.717, 1.165) is 33.8 Å². The molecule has 0 saturated heterocycles. The molecule has 0 spiro atoms. The fourth-order valence-corrected chi connectivity index (χ4v) is 4.78. The number of aryl methyl sites for hydroxylation is 1. The summed E-state index contributed by atoms with van der Waals surface area (Å²) in [6.07, 6.45) is 1.26. The van der Waals surface area contributed by atoms with E-state index in [0.29, 0.717) is 17.4 Å². The molecule has 0 atom stereocenters. The van der Waals surface area contributed by atoms with Gasteiger partial charge in [-0.05, 0) is 43.4 Å². The summed E-state index contributed by atoms with van der Waals surface area (Å²) in [4.78, 5) is 18.4. The molecule has 0 fully saturated rings. The molecule has 6 nitrogen and oxygen atoms in total. The minimum absolute atomic E-state index is 0.0207. The standard InChI is InChI=1S/C22H22N4O2S2/c1-15-13-20(24-21(27)9-6-12-29-17-7-4-3-5-8-17)26(25-15)22-23-18-14-16(28-2)10-11-19(18)30-22/h3-5,7-8,10-11,13-14H,6,9,12H2,1-2H3,(H,24,27). The minimum Gasteiger partial charge on any atom is -0.497 e. The number of thioether (sulfide) groups is 1. The maximum absolute atomic E-state index is 12.5. The second-order valence-corrected chi connectivity index (χ2v) is 8.90. The zero-order chi connectivity index (χ0) is 20.9. The normalized spacial score (nSPS) is 11.0. The van der Waals surface area contributed by atoms with Crippen LogP contribution in [0.1, 0.15) is 18.5 Å². The number of ether oxygens (including phenoxy) is 1. The van der Waals surface area contributed by atoms with Crippen molar-refractivity contribution < 1.29 is 9.53 Å². The first-order chi connectivity index (χ1) is 14.6. The molecule has 2 aromatic carbocycles. The summed E-state index contributed by atoms with van der Waals surface area (Å²) in [5.41, 5.74) is 1.67. The van der Waals surface area contributed by atoms with Crippen molar-refractivity contribution in [1.29, 1.82) is 0 Å². The van der Waals surface area contributed by atoms with Gasteiger partial charge in [0, 0.05) is 23.4 Å². The summed E-state index contributed by atoms with van der Waals surface area (Å²) >= 11 is 3.28. The Labute approximate surface area is 183 Å². The molecular weight excluding hydrogens is 416 g/mol. The van der Waals surface area contributed by atoms with E-state index < -0.39 is 0 Å². The molecular formula is C22H22N4O2S2. The summed E-state index contributed by atoms with van der Waals surface area (Å²) in [5, 5.41) is 8.22. The topological polar surface area (TPSA) is 69.0 Å². The van der Waals surface area contributed by atoms with E-state index in [9.17, 15) is 4.79 Å². The minimum atomic E-state index is -0.0207. The Balaban J connectivity index is 1.41. The molecule has 0 saturated carbocycles. The Kier molecular flexibility index (Phi) is 6.35. The smallest absolute Gasteiger partial charge is 0.225 e. The second kappa shape index (κ2) is 9.32. The SMILES string of the molecule is COc1ccc2sc(-n3nc(C)cc3NC(=O)CCCSc3ccccc3)nc2c1. The molecule has 154 valence electrons. The van der Waals surface area contributed by atoms with Gasteiger partial charge in [-0.15, -0.1) is 11.8 Å². The first-order valence-corrected chi connectivity index (χ1v) is 11.4. The van der Waals surface area contributed by atoms with Crippen LogP contribution < -0.4 is 10.1 Å². The van der Waals surface area contributed by atoms with Crippen LogP contribution in [0.3, 0.4) is 0 Å². The third kappa shape index (κ3) is 4.83. The molecule has 0 aliphatic rings. The van der Waals surface area contributed by atoms with Crippen LogP contribution in [0.4, 0.5) is 5.82 Å². The number of fused-ring (bicyclic) bond motifs is 1. The maximum Gasteiger partial charge on any atom is 0.225 e. The monoisotopic (exact) mass is 438 g/mol. The zero-order valence-electron chi connectivity index (χ0n) is 16.8. The van der Waals surface area contributed by atoms with E-state index in [1.165, 1.54) is 16.2 Å². The Bertz CT molecular complexity index is 1150. The number of amides is 1. The summed E-state index contributed by atoms with van der Waals surface area (Å²) in [5.74, 6) is 2.28. The van der Waals surface area contributed by atoms with Gasteiger partial charge in [-0.25, -0.2) is 4.98 Å². The molecule has 1 N–H and O–H groups in total. The van der Waals surface area contributed by atoms with Gasteiger partial charge in [0.05, 0.1) is 23.0 Å². The van der Waals surface area contributed by atoms with E-state index in [4.69, 9.17) is 4.74 Å². The van der Waals surface area contributed by atoms with Crippen LogP contribution in [-0.2, 0) is 4.79 Å². The zero-order valence-corrected chi connectivity index (χ0v) is 18.4. The lowest BCUT2D eigenvalue weighted by Gasteiger charge is -2.06. The third-order valence-electron chi connectivity index (χ3n) is 4.42. The van der Waals surface area contributed by atoms with E-state index in [2.05, 4.69) is 27.5 Å². The molecule has 4 rings (SSSR count). The molecule has 2 aromatic heterocycles. The quantitative estimate of drug-likeness (QED) is 0.298. The number of methoxy groups -OCH3 is 1. The predicted molar refractivity (Wildman–Crippen MR) is 123 cm³/mol. The molecule has 0 radical (unpaired) electrons. The van der Waals surface area contributed by atoms with Crippen LogP contribution in [0.2, 0.25) is 0 Å². The summed E-state index contributed by atoms with van der Waals surface area (Å²) in [7, 11) is 1.64. The number of hydrogen-bond acceptors (Lipinski definition) is 6. The van der Waals surface area contributed by atoms with Gasteiger partial charge in [-0.1, -0.05) is 29.5 Å². The third-order valence-corrected chi connectivity index (χ3v) is 6.53. The summed E-state index contributed by atoms with van der Waals surface area (Å²) < 4.78 is 8.01. The van der Waals surface area contributed by atoms with Gasteiger partial charge in [0.15, 0.2) is 0 Å². The van der Waals surface area contributed by atoms with Crippen molar-refractivity contribution in [2.75, 3.05) is 18.2 Å². The average Bonchev–Trinajstić information content (AvgIpc) is 3.34. The molecule has 0 aliphatic heterocycles. The Hall–Kier alpha value is -2.84.